The second kappa shape index (κ2) is 9.78. The summed E-state index contributed by atoms with van der Waals surface area (Å²) in [5, 5.41) is 8.89. The molecule has 0 aliphatic carbocycles. The molecule has 0 radical (unpaired) electrons. The van der Waals surface area contributed by atoms with Gasteiger partial charge in [0.1, 0.15) is 18.2 Å². The first-order valence-corrected chi connectivity index (χ1v) is 12.2. The molecule has 3 heterocycles. The normalized spacial score (nSPS) is 17.4. The molecular weight excluding hydrogens is 396 g/mol. The molecule has 32 heavy (non-hydrogen) atoms. The first-order valence-electron chi connectivity index (χ1n) is 12.2. The Hall–Kier alpha value is -2.79. The van der Waals surface area contributed by atoms with E-state index in [0.717, 1.165) is 30.9 Å². The molecule has 1 aromatic heterocycles. The maximum absolute atomic E-state index is 5.99. The smallest absolute Gasteiger partial charge is 0.133 e. The second-order valence-corrected chi connectivity index (χ2v) is 8.98. The van der Waals surface area contributed by atoms with E-state index in [1.165, 1.54) is 61.4 Å². The van der Waals surface area contributed by atoms with Crippen LogP contribution in [0.2, 0.25) is 0 Å². The van der Waals surface area contributed by atoms with Crippen LogP contribution in [0.3, 0.4) is 0 Å². The number of likely N-dealkylation sites (tertiary alicyclic amines) is 1. The lowest BCUT2D eigenvalue weighted by molar-refractivity contribution is 0.220. The molecule has 0 bridgehead atoms. The molecule has 3 aromatic rings. The molecule has 5 heteroatoms. The molecule has 168 valence electrons. The van der Waals surface area contributed by atoms with Gasteiger partial charge in [-0.25, -0.2) is 4.68 Å². The number of nitrogens with one attached hydrogen (secondary N) is 1. The molecular formula is C27H34N4O. The van der Waals surface area contributed by atoms with E-state index in [9.17, 15) is 0 Å². The Balaban J connectivity index is 1.37. The highest BCUT2D eigenvalue weighted by Crippen LogP contribution is 2.36. The van der Waals surface area contributed by atoms with E-state index < -0.39 is 0 Å². The Labute approximate surface area is 191 Å². The van der Waals surface area contributed by atoms with E-state index in [1.807, 2.05) is 18.2 Å². The number of ether oxygens (including phenoxy) is 1. The Morgan fingerprint density at radius 3 is 2.53 bits per heavy atom. The fraction of sp³-hybridized carbons (Fsp3) is 0.444. The number of piperidine rings is 1. The molecule has 0 amide bonds. The van der Waals surface area contributed by atoms with Gasteiger partial charge in [-0.3, -0.25) is 0 Å². The number of benzene rings is 2. The minimum Gasteiger partial charge on any atom is -0.489 e. The molecule has 5 rings (SSSR count). The maximum Gasteiger partial charge on any atom is 0.133 e. The van der Waals surface area contributed by atoms with Crippen LogP contribution in [-0.4, -0.2) is 40.9 Å². The van der Waals surface area contributed by atoms with E-state index in [-0.39, 0.29) is 0 Å². The van der Waals surface area contributed by atoms with E-state index in [0.29, 0.717) is 12.5 Å². The van der Waals surface area contributed by atoms with Crippen molar-refractivity contribution in [2.24, 2.45) is 0 Å². The van der Waals surface area contributed by atoms with Gasteiger partial charge in [-0.05, 0) is 81.6 Å². The molecule has 0 atom stereocenters. The topological polar surface area (TPSA) is 42.3 Å². The van der Waals surface area contributed by atoms with Crippen molar-refractivity contribution in [1.29, 1.82) is 0 Å². The summed E-state index contributed by atoms with van der Waals surface area (Å²) in [4.78, 5) is 2.55. The third-order valence-corrected chi connectivity index (χ3v) is 6.91. The fourth-order valence-electron chi connectivity index (χ4n) is 4.99. The van der Waals surface area contributed by atoms with Gasteiger partial charge in [-0.1, -0.05) is 37.3 Å². The molecule has 2 aliphatic heterocycles. The van der Waals surface area contributed by atoms with Crippen molar-refractivity contribution in [1.82, 2.24) is 14.7 Å². The summed E-state index contributed by atoms with van der Waals surface area (Å²) < 4.78 is 8.13. The number of anilines is 1. The van der Waals surface area contributed by atoms with Crippen molar-refractivity contribution < 1.29 is 4.74 Å². The SMILES string of the molecule is CCN1CCC(c2nn(-c3ccc(OCc4ccccc4)cc3)c3c2CCCCN3)CC1. The number of nitrogens with zero attached hydrogens (tertiary/aromatic N) is 3. The lowest BCUT2D eigenvalue weighted by Gasteiger charge is -2.30. The van der Waals surface area contributed by atoms with Crippen LogP contribution in [0, 0.1) is 0 Å². The molecule has 1 saturated heterocycles. The molecule has 1 fully saturated rings. The summed E-state index contributed by atoms with van der Waals surface area (Å²) in [7, 11) is 0. The van der Waals surface area contributed by atoms with Crippen LogP contribution in [0.25, 0.3) is 5.69 Å². The molecule has 0 unspecified atom stereocenters. The van der Waals surface area contributed by atoms with Gasteiger partial charge in [0.25, 0.3) is 0 Å². The third-order valence-electron chi connectivity index (χ3n) is 6.91. The molecule has 0 spiro atoms. The number of aromatic nitrogens is 2. The van der Waals surface area contributed by atoms with Crippen LogP contribution in [-0.2, 0) is 13.0 Å². The summed E-state index contributed by atoms with van der Waals surface area (Å²) in [5.41, 5.74) is 5.05. The largest absolute Gasteiger partial charge is 0.489 e. The average molecular weight is 431 g/mol. The van der Waals surface area contributed by atoms with E-state index in [4.69, 9.17) is 9.84 Å². The van der Waals surface area contributed by atoms with Crippen molar-refractivity contribution in [2.45, 2.75) is 51.6 Å². The van der Waals surface area contributed by atoms with Gasteiger partial charge in [0.15, 0.2) is 0 Å². The summed E-state index contributed by atoms with van der Waals surface area (Å²) in [6.07, 6.45) is 6.00. The number of hydrogen-bond acceptors (Lipinski definition) is 4. The zero-order valence-corrected chi connectivity index (χ0v) is 19.1. The van der Waals surface area contributed by atoms with Gasteiger partial charge in [0.05, 0.1) is 11.4 Å². The van der Waals surface area contributed by atoms with E-state index in [1.54, 1.807) is 0 Å². The van der Waals surface area contributed by atoms with E-state index in [2.05, 4.69) is 58.2 Å². The van der Waals surface area contributed by atoms with Crippen molar-refractivity contribution in [3.05, 3.63) is 71.4 Å². The second-order valence-electron chi connectivity index (χ2n) is 8.98. The van der Waals surface area contributed by atoms with Gasteiger partial charge in [0, 0.05) is 18.0 Å². The number of rotatable bonds is 6. The van der Waals surface area contributed by atoms with Crippen LogP contribution in [0.15, 0.2) is 54.6 Å². The summed E-state index contributed by atoms with van der Waals surface area (Å²) in [5.74, 6) is 2.66. The van der Waals surface area contributed by atoms with Crippen molar-refractivity contribution in [3.8, 4) is 11.4 Å². The molecule has 2 aromatic carbocycles. The standard InChI is InChI=1S/C27H34N4O/c1-2-30-18-15-22(16-19-30)26-25-10-6-7-17-28-27(25)31(29-26)23-11-13-24(14-12-23)32-20-21-8-4-3-5-9-21/h3-5,8-9,11-14,22,28H,2,6-7,10,15-20H2,1H3. The summed E-state index contributed by atoms with van der Waals surface area (Å²) >= 11 is 0. The first-order chi connectivity index (χ1) is 15.8. The van der Waals surface area contributed by atoms with E-state index >= 15 is 0 Å². The first kappa shape index (κ1) is 21.1. The highest BCUT2D eigenvalue weighted by molar-refractivity contribution is 5.55. The van der Waals surface area contributed by atoms with Crippen LogP contribution >= 0.6 is 0 Å². The average Bonchev–Trinajstić information content (AvgIpc) is 3.04. The lowest BCUT2D eigenvalue weighted by Crippen LogP contribution is -2.33. The highest BCUT2D eigenvalue weighted by atomic mass is 16.5. The molecule has 5 nitrogen and oxygen atoms in total. The molecule has 2 aliphatic rings. The van der Waals surface area contributed by atoms with Crippen molar-refractivity contribution >= 4 is 5.82 Å². The van der Waals surface area contributed by atoms with Crippen LogP contribution in [0.1, 0.15) is 55.3 Å². The zero-order chi connectivity index (χ0) is 21.8. The zero-order valence-electron chi connectivity index (χ0n) is 19.1. The minimum absolute atomic E-state index is 0.571. The maximum atomic E-state index is 5.99. The van der Waals surface area contributed by atoms with Gasteiger partial charge in [-0.15, -0.1) is 0 Å². The van der Waals surface area contributed by atoms with Gasteiger partial charge >= 0.3 is 0 Å². The van der Waals surface area contributed by atoms with Crippen molar-refractivity contribution in [3.63, 3.8) is 0 Å². The predicted molar refractivity (Wildman–Crippen MR) is 130 cm³/mol. The number of hydrogen-bond donors (Lipinski definition) is 1. The Bertz CT molecular complexity index is 1000. The van der Waals surface area contributed by atoms with Crippen LogP contribution in [0.4, 0.5) is 5.82 Å². The van der Waals surface area contributed by atoms with Crippen LogP contribution < -0.4 is 10.1 Å². The van der Waals surface area contributed by atoms with Crippen molar-refractivity contribution in [2.75, 3.05) is 31.5 Å². The molecule has 0 saturated carbocycles. The highest BCUT2D eigenvalue weighted by Gasteiger charge is 2.28. The fourth-order valence-corrected chi connectivity index (χ4v) is 4.99. The Kier molecular flexibility index (Phi) is 6.44. The summed E-state index contributed by atoms with van der Waals surface area (Å²) in [6, 6.07) is 18.7. The molecule has 1 N–H and O–H groups in total. The number of fused-ring (bicyclic) bond motifs is 1. The Morgan fingerprint density at radius 2 is 1.78 bits per heavy atom. The van der Waals surface area contributed by atoms with Gasteiger partial charge in [0.2, 0.25) is 0 Å². The predicted octanol–water partition coefficient (Wildman–Crippen LogP) is 5.40. The monoisotopic (exact) mass is 430 g/mol. The Morgan fingerprint density at radius 1 is 1.00 bits per heavy atom. The quantitative estimate of drug-likeness (QED) is 0.569. The van der Waals surface area contributed by atoms with Gasteiger partial charge < -0.3 is 15.0 Å². The third kappa shape index (κ3) is 4.53. The minimum atomic E-state index is 0.571. The lowest BCUT2D eigenvalue weighted by atomic mass is 9.90. The van der Waals surface area contributed by atoms with Gasteiger partial charge in [-0.2, -0.15) is 5.10 Å². The summed E-state index contributed by atoms with van der Waals surface area (Å²) in [6.45, 7) is 7.38. The van der Waals surface area contributed by atoms with Crippen LogP contribution in [0.5, 0.6) is 5.75 Å².